The highest BCUT2D eigenvalue weighted by Crippen LogP contribution is 2.24. The number of carbonyl (C=O) groups excluding carboxylic acids is 3. The quantitative estimate of drug-likeness (QED) is 0.879. The van der Waals surface area contributed by atoms with E-state index in [-0.39, 0.29) is 23.9 Å². The average molecular weight is 331 g/mol. The van der Waals surface area contributed by atoms with Gasteiger partial charge in [-0.3, -0.25) is 9.59 Å². The minimum absolute atomic E-state index is 0.0381. The van der Waals surface area contributed by atoms with Crippen molar-refractivity contribution in [2.24, 2.45) is 0 Å². The molecular formula is C17H21N3O4. The fourth-order valence-corrected chi connectivity index (χ4v) is 3.06. The Labute approximate surface area is 140 Å². The van der Waals surface area contributed by atoms with E-state index in [1.807, 2.05) is 0 Å². The van der Waals surface area contributed by atoms with Gasteiger partial charge in [0, 0.05) is 30.4 Å². The van der Waals surface area contributed by atoms with Gasteiger partial charge in [-0.15, -0.1) is 0 Å². The van der Waals surface area contributed by atoms with E-state index in [4.69, 9.17) is 4.74 Å². The molecule has 0 aromatic heterocycles. The van der Waals surface area contributed by atoms with Crippen LogP contribution >= 0.6 is 0 Å². The molecule has 0 aliphatic carbocycles. The fraction of sp³-hybridized carbons (Fsp3) is 0.471. The van der Waals surface area contributed by atoms with Crippen molar-refractivity contribution in [2.75, 3.05) is 25.0 Å². The summed E-state index contributed by atoms with van der Waals surface area (Å²) in [5.41, 5.74) is 2.18. The smallest absolute Gasteiger partial charge is 0.409 e. The molecule has 2 heterocycles. The van der Waals surface area contributed by atoms with Crippen LogP contribution in [0.1, 0.15) is 35.7 Å². The molecule has 1 fully saturated rings. The van der Waals surface area contributed by atoms with Crippen molar-refractivity contribution in [1.82, 2.24) is 10.2 Å². The van der Waals surface area contributed by atoms with Crippen LogP contribution in [0.5, 0.6) is 0 Å². The molecule has 3 rings (SSSR count). The van der Waals surface area contributed by atoms with E-state index < -0.39 is 0 Å². The lowest BCUT2D eigenvalue weighted by Crippen LogP contribution is -2.46. The summed E-state index contributed by atoms with van der Waals surface area (Å²) >= 11 is 0. The molecule has 0 spiro atoms. The lowest BCUT2D eigenvalue weighted by atomic mass is 10.0. The highest BCUT2D eigenvalue weighted by Gasteiger charge is 2.25. The van der Waals surface area contributed by atoms with Gasteiger partial charge in [0.1, 0.15) is 0 Å². The molecule has 7 nitrogen and oxygen atoms in total. The number of nitrogens with one attached hydrogen (secondary N) is 2. The minimum Gasteiger partial charge on any atom is -0.450 e. The summed E-state index contributed by atoms with van der Waals surface area (Å²) in [6, 6.07) is 5.28. The molecule has 3 amide bonds. The average Bonchev–Trinajstić information content (AvgIpc) is 2.94. The molecule has 1 aromatic rings. The first-order valence-electron chi connectivity index (χ1n) is 8.22. The number of anilines is 1. The van der Waals surface area contributed by atoms with Gasteiger partial charge in [-0.05, 0) is 43.5 Å². The molecular weight excluding hydrogens is 310 g/mol. The third kappa shape index (κ3) is 3.50. The van der Waals surface area contributed by atoms with Crippen LogP contribution in [0.15, 0.2) is 18.2 Å². The Hall–Kier alpha value is -2.57. The lowest BCUT2D eigenvalue weighted by Gasteiger charge is -2.31. The van der Waals surface area contributed by atoms with Crippen LogP contribution in [-0.4, -0.2) is 48.5 Å². The van der Waals surface area contributed by atoms with Gasteiger partial charge in [-0.2, -0.15) is 0 Å². The number of hydrogen-bond acceptors (Lipinski definition) is 4. The Morgan fingerprint density at radius 2 is 2.08 bits per heavy atom. The van der Waals surface area contributed by atoms with Crippen LogP contribution in [0.2, 0.25) is 0 Å². The summed E-state index contributed by atoms with van der Waals surface area (Å²) in [5.74, 6) is -0.194. The number of piperidine rings is 1. The zero-order valence-corrected chi connectivity index (χ0v) is 13.6. The van der Waals surface area contributed by atoms with E-state index in [0.29, 0.717) is 44.5 Å². The number of hydrogen-bond donors (Lipinski definition) is 2. The predicted molar refractivity (Wildman–Crippen MR) is 87.9 cm³/mol. The molecule has 0 atom stereocenters. The summed E-state index contributed by atoms with van der Waals surface area (Å²) in [7, 11) is 0. The predicted octanol–water partition coefficient (Wildman–Crippen LogP) is 1.53. The molecule has 2 aliphatic heterocycles. The second-order valence-electron chi connectivity index (χ2n) is 6.03. The number of benzene rings is 1. The van der Waals surface area contributed by atoms with E-state index in [1.54, 1.807) is 30.0 Å². The van der Waals surface area contributed by atoms with Gasteiger partial charge in [-0.25, -0.2) is 4.79 Å². The number of rotatable bonds is 3. The van der Waals surface area contributed by atoms with Gasteiger partial charge in [0.15, 0.2) is 0 Å². The number of amides is 3. The SMILES string of the molecule is CCOC(=O)N1CCC(NC(=O)c2ccc3c(c2)CC(=O)N3)CC1. The third-order valence-corrected chi connectivity index (χ3v) is 4.35. The fourth-order valence-electron chi connectivity index (χ4n) is 3.06. The number of likely N-dealkylation sites (tertiary alicyclic amines) is 1. The molecule has 2 aliphatic rings. The highest BCUT2D eigenvalue weighted by atomic mass is 16.6. The molecule has 128 valence electrons. The number of nitrogens with zero attached hydrogens (tertiary/aromatic N) is 1. The highest BCUT2D eigenvalue weighted by molar-refractivity contribution is 6.01. The summed E-state index contributed by atoms with van der Waals surface area (Å²) in [5, 5.41) is 5.76. The Kier molecular flexibility index (Phi) is 4.69. The Balaban J connectivity index is 1.54. The van der Waals surface area contributed by atoms with Crippen molar-refractivity contribution in [2.45, 2.75) is 32.2 Å². The number of carbonyl (C=O) groups is 3. The molecule has 2 N–H and O–H groups in total. The molecule has 0 saturated carbocycles. The van der Waals surface area contributed by atoms with Crippen molar-refractivity contribution in [3.8, 4) is 0 Å². The lowest BCUT2D eigenvalue weighted by molar-refractivity contribution is -0.115. The van der Waals surface area contributed by atoms with Crippen molar-refractivity contribution in [3.63, 3.8) is 0 Å². The molecule has 1 aromatic carbocycles. The van der Waals surface area contributed by atoms with E-state index in [0.717, 1.165) is 11.3 Å². The summed E-state index contributed by atoms with van der Waals surface area (Å²) in [4.78, 5) is 37.1. The monoisotopic (exact) mass is 331 g/mol. The maximum Gasteiger partial charge on any atom is 0.409 e. The van der Waals surface area contributed by atoms with Crippen LogP contribution in [0.25, 0.3) is 0 Å². The normalized spacial score (nSPS) is 17.2. The maximum atomic E-state index is 12.4. The Morgan fingerprint density at radius 3 is 2.79 bits per heavy atom. The van der Waals surface area contributed by atoms with Crippen molar-refractivity contribution in [1.29, 1.82) is 0 Å². The molecule has 24 heavy (non-hydrogen) atoms. The zero-order chi connectivity index (χ0) is 17.1. The van der Waals surface area contributed by atoms with E-state index in [1.165, 1.54) is 0 Å². The topological polar surface area (TPSA) is 87.7 Å². The van der Waals surface area contributed by atoms with Gasteiger partial charge < -0.3 is 20.3 Å². The zero-order valence-electron chi connectivity index (χ0n) is 13.6. The summed E-state index contributed by atoms with van der Waals surface area (Å²) in [6.45, 7) is 3.30. The van der Waals surface area contributed by atoms with E-state index in [2.05, 4.69) is 10.6 Å². The minimum atomic E-state index is -0.293. The third-order valence-electron chi connectivity index (χ3n) is 4.35. The van der Waals surface area contributed by atoms with Gasteiger partial charge in [0.2, 0.25) is 5.91 Å². The Morgan fingerprint density at radius 1 is 1.33 bits per heavy atom. The summed E-state index contributed by atoms with van der Waals surface area (Å²) < 4.78 is 4.98. The second kappa shape index (κ2) is 6.90. The second-order valence-corrected chi connectivity index (χ2v) is 6.03. The van der Waals surface area contributed by atoms with Gasteiger partial charge in [0.05, 0.1) is 13.0 Å². The molecule has 0 unspecified atom stereocenters. The van der Waals surface area contributed by atoms with Crippen LogP contribution in [0.3, 0.4) is 0 Å². The van der Waals surface area contributed by atoms with Gasteiger partial charge in [-0.1, -0.05) is 0 Å². The van der Waals surface area contributed by atoms with Crippen LogP contribution in [0.4, 0.5) is 10.5 Å². The van der Waals surface area contributed by atoms with Crippen LogP contribution in [-0.2, 0) is 16.0 Å². The molecule has 7 heteroatoms. The summed E-state index contributed by atoms with van der Waals surface area (Å²) in [6.07, 6.45) is 1.43. The molecule has 0 radical (unpaired) electrons. The largest absolute Gasteiger partial charge is 0.450 e. The number of ether oxygens (including phenoxy) is 1. The Bertz CT molecular complexity index is 666. The first-order valence-corrected chi connectivity index (χ1v) is 8.22. The number of fused-ring (bicyclic) bond motifs is 1. The van der Waals surface area contributed by atoms with Crippen LogP contribution < -0.4 is 10.6 Å². The van der Waals surface area contributed by atoms with Crippen molar-refractivity contribution in [3.05, 3.63) is 29.3 Å². The van der Waals surface area contributed by atoms with E-state index >= 15 is 0 Å². The standard InChI is InChI=1S/C17H21N3O4/c1-2-24-17(23)20-7-5-13(6-8-20)18-16(22)11-3-4-14-12(9-11)10-15(21)19-14/h3-4,9,13H,2,5-8,10H2,1H3,(H,18,22)(H,19,21). The van der Waals surface area contributed by atoms with E-state index in [9.17, 15) is 14.4 Å². The maximum absolute atomic E-state index is 12.4. The first-order chi connectivity index (χ1) is 11.6. The molecule has 0 bridgehead atoms. The van der Waals surface area contributed by atoms with Crippen molar-refractivity contribution >= 4 is 23.6 Å². The van der Waals surface area contributed by atoms with Crippen molar-refractivity contribution < 1.29 is 19.1 Å². The van der Waals surface area contributed by atoms with Gasteiger partial charge in [0.25, 0.3) is 5.91 Å². The molecule has 1 saturated heterocycles. The van der Waals surface area contributed by atoms with Crippen LogP contribution in [0, 0.1) is 0 Å². The van der Waals surface area contributed by atoms with Gasteiger partial charge >= 0.3 is 6.09 Å². The first kappa shape index (κ1) is 16.3.